The minimum absolute atomic E-state index is 0.131. The van der Waals surface area contributed by atoms with Crippen LogP contribution in [0.15, 0.2) is 18.2 Å². The van der Waals surface area contributed by atoms with Crippen LogP contribution < -0.4 is 5.73 Å². The number of hydrogen-bond acceptors (Lipinski definition) is 3. The summed E-state index contributed by atoms with van der Waals surface area (Å²) in [7, 11) is 0. The van der Waals surface area contributed by atoms with Crippen molar-refractivity contribution in [3.63, 3.8) is 0 Å². The number of nitrogen functional groups attached to an aromatic ring is 1. The Bertz CT molecular complexity index is 533. The van der Waals surface area contributed by atoms with Crippen molar-refractivity contribution in [3.05, 3.63) is 29.8 Å². The van der Waals surface area contributed by atoms with Crippen LogP contribution in [0.1, 0.15) is 19.2 Å². The first-order valence-corrected chi connectivity index (χ1v) is 5.58. The van der Waals surface area contributed by atoms with Crippen LogP contribution in [0.4, 0.5) is 10.1 Å². The summed E-state index contributed by atoms with van der Waals surface area (Å²) in [6, 6.07) is 4.61. The molecule has 1 aromatic heterocycles. The molecule has 0 fully saturated rings. The highest BCUT2D eigenvalue weighted by Crippen LogP contribution is 2.22. The first kappa shape index (κ1) is 11.6. The van der Waals surface area contributed by atoms with Crippen LogP contribution in [0.25, 0.3) is 11.4 Å². The third-order valence-electron chi connectivity index (χ3n) is 2.64. The van der Waals surface area contributed by atoms with Gasteiger partial charge in [0.15, 0.2) is 5.82 Å². The van der Waals surface area contributed by atoms with Crippen molar-refractivity contribution >= 4 is 5.69 Å². The van der Waals surface area contributed by atoms with E-state index in [0.717, 1.165) is 30.2 Å². The van der Waals surface area contributed by atoms with E-state index in [9.17, 15) is 4.39 Å². The molecule has 0 aliphatic heterocycles. The first-order chi connectivity index (χ1) is 8.13. The minimum atomic E-state index is -0.410. The highest BCUT2D eigenvalue weighted by Gasteiger charge is 2.11. The van der Waals surface area contributed by atoms with Crippen molar-refractivity contribution in [1.82, 2.24) is 14.8 Å². The number of rotatable bonds is 3. The largest absolute Gasteiger partial charge is 0.396 e. The van der Waals surface area contributed by atoms with E-state index in [2.05, 4.69) is 17.1 Å². The Morgan fingerprint density at radius 2 is 2.12 bits per heavy atom. The molecule has 4 nitrogen and oxygen atoms in total. The Morgan fingerprint density at radius 3 is 2.76 bits per heavy atom. The molecule has 2 aromatic rings. The molecule has 1 aromatic carbocycles. The zero-order valence-corrected chi connectivity index (χ0v) is 9.94. The van der Waals surface area contributed by atoms with Crippen LogP contribution in [-0.2, 0) is 6.54 Å². The van der Waals surface area contributed by atoms with Gasteiger partial charge in [0.2, 0.25) is 0 Å². The van der Waals surface area contributed by atoms with Gasteiger partial charge in [0, 0.05) is 12.1 Å². The van der Waals surface area contributed by atoms with E-state index < -0.39 is 5.82 Å². The topological polar surface area (TPSA) is 56.7 Å². The van der Waals surface area contributed by atoms with Crippen LogP contribution in [-0.4, -0.2) is 14.8 Å². The smallest absolute Gasteiger partial charge is 0.164 e. The van der Waals surface area contributed by atoms with Crippen molar-refractivity contribution < 1.29 is 4.39 Å². The SMILES string of the molecule is CCCn1c(C)nnc1-c1ccc(F)c(N)c1. The lowest BCUT2D eigenvalue weighted by Crippen LogP contribution is -2.02. The monoisotopic (exact) mass is 234 g/mol. The second-order valence-electron chi connectivity index (χ2n) is 3.96. The number of halogens is 1. The zero-order valence-electron chi connectivity index (χ0n) is 9.94. The van der Waals surface area contributed by atoms with E-state index in [1.807, 2.05) is 11.5 Å². The Morgan fingerprint density at radius 1 is 1.35 bits per heavy atom. The standard InChI is InChI=1S/C12H15FN4/c1-3-6-17-8(2)15-16-12(17)9-4-5-10(13)11(14)7-9/h4-5,7H,3,6,14H2,1-2H3. The average Bonchev–Trinajstić information content (AvgIpc) is 2.66. The Balaban J connectivity index is 2.48. The maximum Gasteiger partial charge on any atom is 0.164 e. The molecular weight excluding hydrogens is 219 g/mol. The van der Waals surface area contributed by atoms with Crippen molar-refractivity contribution in [3.8, 4) is 11.4 Å². The Labute approximate surface area is 99.3 Å². The summed E-state index contributed by atoms with van der Waals surface area (Å²) in [6.07, 6.45) is 0.989. The quantitative estimate of drug-likeness (QED) is 0.829. The average molecular weight is 234 g/mol. The van der Waals surface area contributed by atoms with Crippen LogP contribution in [0, 0.1) is 12.7 Å². The zero-order chi connectivity index (χ0) is 12.4. The highest BCUT2D eigenvalue weighted by atomic mass is 19.1. The lowest BCUT2D eigenvalue weighted by atomic mass is 10.2. The number of aromatic nitrogens is 3. The fourth-order valence-electron chi connectivity index (χ4n) is 1.77. The van der Waals surface area contributed by atoms with Gasteiger partial charge < -0.3 is 10.3 Å². The number of nitrogens with two attached hydrogens (primary N) is 1. The van der Waals surface area contributed by atoms with Gasteiger partial charge in [-0.2, -0.15) is 0 Å². The predicted molar refractivity (Wildman–Crippen MR) is 64.9 cm³/mol. The van der Waals surface area contributed by atoms with Gasteiger partial charge in [-0.3, -0.25) is 0 Å². The van der Waals surface area contributed by atoms with E-state index >= 15 is 0 Å². The van der Waals surface area contributed by atoms with E-state index in [1.54, 1.807) is 12.1 Å². The summed E-state index contributed by atoms with van der Waals surface area (Å²) in [5.74, 6) is 1.17. The molecule has 0 aliphatic carbocycles. The second-order valence-corrected chi connectivity index (χ2v) is 3.96. The van der Waals surface area contributed by atoms with E-state index in [0.29, 0.717) is 0 Å². The second kappa shape index (κ2) is 4.53. The lowest BCUT2D eigenvalue weighted by molar-refractivity contribution is 0.632. The molecular formula is C12H15FN4. The highest BCUT2D eigenvalue weighted by molar-refractivity contribution is 5.61. The van der Waals surface area contributed by atoms with Crippen molar-refractivity contribution in [2.45, 2.75) is 26.8 Å². The number of anilines is 1. The normalized spacial score (nSPS) is 10.8. The van der Waals surface area contributed by atoms with E-state index in [-0.39, 0.29) is 5.69 Å². The molecule has 0 spiro atoms. The fraction of sp³-hybridized carbons (Fsp3) is 0.333. The number of hydrogen-bond donors (Lipinski definition) is 1. The molecule has 17 heavy (non-hydrogen) atoms. The molecule has 0 radical (unpaired) electrons. The van der Waals surface area contributed by atoms with Gasteiger partial charge in [0.25, 0.3) is 0 Å². The van der Waals surface area contributed by atoms with Gasteiger partial charge in [-0.1, -0.05) is 6.92 Å². The molecule has 1 heterocycles. The Hall–Kier alpha value is -1.91. The molecule has 0 saturated heterocycles. The molecule has 0 bridgehead atoms. The number of benzene rings is 1. The lowest BCUT2D eigenvalue weighted by Gasteiger charge is -2.07. The molecule has 90 valence electrons. The maximum absolute atomic E-state index is 13.1. The fourth-order valence-corrected chi connectivity index (χ4v) is 1.77. The summed E-state index contributed by atoms with van der Waals surface area (Å²) in [4.78, 5) is 0. The molecule has 0 saturated carbocycles. The number of aryl methyl sites for hydroxylation is 1. The van der Waals surface area contributed by atoms with Gasteiger partial charge in [-0.15, -0.1) is 10.2 Å². The van der Waals surface area contributed by atoms with Gasteiger partial charge in [-0.05, 0) is 31.5 Å². The van der Waals surface area contributed by atoms with Gasteiger partial charge in [-0.25, -0.2) is 4.39 Å². The summed E-state index contributed by atoms with van der Waals surface area (Å²) < 4.78 is 15.1. The van der Waals surface area contributed by atoms with Crippen molar-refractivity contribution in [2.75, 3.05) is 5.73 Å². The maximum atomic E-state index is 13.1. The molecule has 2 N–H and O–H groups in total. The summed E-state index contributed by atoms with van der Waals surface area (Å²) in [5.41, 5.74) is 6.48. The third kappa shape index (κ3) is 2.13. The molecule has 0 amide bonds. The van der Waals surface area contributed by atoms with Crippen LogP contribution in [0.3, 0.4) is 0 Å². The predicted octanol–water partition coefficient (Wildman–Crippen LogP) is 2.38. The summed E-state index contributed by atoms with van der Waals surface area (Å²) in [6.45, 7) is 4.83. The van der Waals surface area contributed by atoms with E-state index in [4.69, 9.17) is 5.73 Å². The molecule has 0 unspecified atom stereocenters. The van der Waals surface area contributed by atoms with Gasteiger partial charge in [0.05, 0.1) is 5.69 Å². The van der Waals surface area contributed by atoms with Gasteiger partial charge in [0.1, 0.15) is 11.6 Å². The summed E-state index contributed by atoms with van der Waals surface area (Å²) >= 11 is 0. The third-order valence-corrected chi connectivity index (χ3v) is 2.64. The molecule has 5 heteroatoms. The molecule has 2 rings (SSSR count). The van der Waals surface area contributed by atoms with Gasteiger partial charge >= 0.3 is 0 Å². The van der Waals surface area contributed by atoms with Crippen LogP contribution in [0.2, 0.25) is 0 Å². The van der Waals surface area contributed by atoms with E-state index in [1.165, 1.54) is 6.07 Å². The molecule has 0 aliphatic rings. The Kier molecular flexibility index (Phi) is 3.08. The van der Waals surface area contributed by atoms with Crippen LogP contribution >= 0.6 is 0 Å². The molecule has 0 atom stereocenters. The van der Waals surface area contributed by atoms with Crippen molar-refractivity contribution in [1.29, 1.82) is 0 Å². The minimum Gasteiger partial charge on any atom is -0.396 e. The van der Waals surface area contributed by atoms with Crippen LogP contribution in [0.5, 0.6) is 0 Å². The van der Waals surface area contributed by atoms with Crippen molar-refractivity contribution in [2.24, 2.45) is 0 Å². The number of nitrogens with zero attached hydrogens (tertiary/aromatic N) is 3. The first-order valence-electron chi connectivity index (χ1n) is 5.58. The summed E-state index contributed by atoms with van der Waals surface area (Å²) in [5, 5.41) is 8.15.